The van der Waals surface area contributed by atoms with Crippen molar-refractivity contribution in [1.29, 1.82) is 0 Å². The summed E-state index contributed by atoms with van der Waals surface area (Å²) in [4.78, 5) is 26.9. The van der Waals surface area contributed by atoms with Crippen LogP contribution in [0, 0.1) is 0 Å². The Bertz CT molecular complexity index is 734. The van der Waals surface area contributed by atoms with E-state index in [-0.39, 0.29) is 17.5 Å². The van der Waals surface area contributed by atoms with Gasteiger partial charge in [-0.05, 0) is 0 Å². The number of nitrogens with zero attached hydrogens (tertiary/aromatic N) is 4. The molecular weight excluding hydrogens is 361 g/mol. The first kappa shape index (κ1) is 18.2. The maximum Gasteiger partial charge on any atom is 0.469 e. The number of aromatic nitrogens is 2. The van der Waals surface area contributed by atoms with Crippen LogP contribution in [0.3, 0.4) is 0 Å². The van der Waals surface area contributed by atoms with E-state index in [1.807, 2.05) is 0 Å². The fourth-order valence-electron chi connectivity index (χ4n) is 2.62. The molecule has 1 fully saturated rings. The SMILES string of the molecule is CN1C(N)=Nc2c(ncn2[C@@H]2O[C@H](COP(=O)(O)O)[C@@H](O)[C@H]2O)C1O. The number of guanidine groups is 1. The minimum absolute atomic E-state index is 0.0103. The lowest BCUT2D eigenvalue weighted by Crippen LogP contribution is -2.39. The van der Waals surface area contributed by atoms with Gasteiger partial charge in [0.2, 0.25) is 0 Å². The molecule has 1 saturated heterocycles. The lowest BCUT2D eigenvalue weighted by molar-refractivity contribution is -0.0515. The van der Waals surface area contributed by atoms with Gasteiger partial charge in [-0.25, -0.2) is 9.55 Å². The molecule has 14 heteroatoms. The number of rotatable bonds is 4. The molecule has 25 heavy (non-hydrogen) atoms. The van der Waals surface area contributed by atoms with Gasteiger partial charge in [-0.15, -0.1) is 0 Å². The van der Waals surface area contributed by atoms with Crippen LogP contribution in [0.4, 0.5) is 5.82 Å². The van der Waals surface area contributed by atoms with Gasteiger partial charge in [0.1, 0.15) is 24.0 Å². The summed E-state index contributed by atoms with van der Waals surface area (Å²) in [6, 6.07) is 0. The summed E-state index contributed by atoms with van der Waals surface area (Å²) in [6.07, 6.45) is -5.17. The molecule has 140 valence electrons. The van der Waals surface area contributed by atoms with E-state index in [1.54, 1.807) is 0 Å². The Kier molecular flexibility index (Phi) is 4.59. The van der Waals surface area contributed by atoms with Crippen LogP contribution >= 0.6 is 7.82 Å². The van der Waals surface area contributed by atoms with Crippen LogP contribution in [0.25, 0.3) is 0 Å². The zero-order chi connectivity index (χ0) is 18.5. The van der Waals surface area contributed by atoms with Gasteiger partial charge in [0, 0.05) is 7.05 Å². The van der Waals surface area contributed by atoms with Crippen molar-refractivity contribution < 1.29 is 38.9 Å². The van der Waals surface area contributed by atoms with Crippen molar-refractivity contribution in [3.05, 3.63) is 12.0 Å². The predicted molar refractivity (Wildman–Crippen MR) is 80.2 cm³/mol. The van der Waals surface area contributed by atoms with E-state index < -0.39 is 45.2 Å². The first-order valence-electron chi connectivity index (χ1n) is 7.13. The summed E-state index contributed by atoms with van der Waals surface area (Å²) in [6.45, 7) is -0.632. The molecule has 7 N–H and O–H groups in total. The number of ether oxygens (including phenoxy) is 1. The number of fused-ring (bicyclic) bond motifs is 1. The molecule has 0 bridgehead atoms. The Morgan fingerprint density at radius 2 is 2.04 bits per heavy atom. The van der Waals surface area contributed by atoms with Crippen LogP contribution in [-0.2, 0) is 13.8 Å². The maximum absolute atomic E-state index is 10.8. The molecule has 0 aliphatic carbocycles. The van der Waals surface area contributed by atoms with E-state index in [9.17, 15) is 19.9 Å². The van der Waals surface area contributed by atoms with Gasteiger partial charge in [-0.2, -0.15) is 4.99 Å². The number of aliphatic hydroxyl groups is 3. The predicted octanol–water partition coefficient (Wildman–Crippen LogP) is -2.51. The van der Waals surface area contributed by atoms with Crippen molar-refractivity contribution in [3.63, 3.8) is 0 Å². The monoisotopic (exact) mass is 379 g/mol. The normalized spacial score (nSPS) is 32.6. The third kappa shape index (κ3) is 3.28. The van der Waals surface area contributed by atoms with E-state index in [2.05, 4.69) is 14.5 Å². The zero-order valence-electron chi connectivity index (χ0n) is 12.9. The number of phosphoric ester groups is 1. The van der Waals surface area contributed by atoms with Crippen molar-refractivity contribution in [2.75, 3.05) is 13.7 Å². The third-order valence-corrected chi connectivity index (χ3v) is 4.49. The fourth-order valence-corrected chi connectivity index (χ4v) is 2.96. The van der Waals surface area contributed by atoms with E-state index in [1.165, 1.54) is 22.8 Å². The summed E-state index contributed by atoms with van der Waals surface area (Å²) in [7, 11) is -3.24. The quantitative estimate of drug-likeness (QED) is 0.302. The summed E-state index contributed by atoms with van der Waals surface area (Å²) < 4.78 is 21.8. The van der Waals surface area contributed by atoms with Crippen LogP contribution in [0.15, 0.2) is 11.3 Å². The highest BCUT2D eigenvalue weighted by Crippen LogP contribution is 2.40. The number of aliphatic hydroxyl groups excluding tert-OH is 3. The zero-order valence-corrected chi connectivity index (χ0v) is 13.8. The minimum atomic E-state index is -4.76. The van der Waals surface area contributed by atoms with Crippen molar-refractivity contribution in [2.24, 2.45) is 10.7 Å². The van der Waals surface area contributed by atoms with Gasteiger partial charge in [0.15, 0.2) is 24.2 Å². The highest BCUT2D eigenvalue weighted by molar-refractivity contribution is 7.46. The van der Waals surface area contributed by atoms with Crippen LogP contribution in [0.1, 0.15) is 18.1 Å². The molecule has 1 unspecified atom stereocenters. The smallest absolute Gasteiger partial charge is 0.387 e. The fraction of sp³-hybridized carbons (Fsp3) is 0.636. The molecule has 5 atom stereocenters. The van der Waals surface area contributed by atoms with Crippen molar-refractivity contribution in [1.82, 2.24) is 14.5 Å². The van der Waals surface area contributed by atoms with E-state index in [0.717, 1.165) is 0 Å². The van der Waals surface area contributed by atoms with E-state index in [4.69, 9.17) is 20.3 Å². The molecular formula is C11H18N5O8P. The largest absolute Gasteiger partial charge is 0.469 e. The van der Waals surface area contributed by atoms with Crippen molar-refractivity contribution in [3.8, 4) is 0 Å². The van der Waals surface area contributed by atoms with Gasteiger partial charge in [0.05, 0.1) is 12.9 Å². The molecule has 13 nitrogen and oxygen atoms in total. The van der Waals surface area contributed by atoms with Crippen LogP contribution in [-0.4, -0.2) is 77.5 Å². The Morgan fingerprint density at radius 3 is 2.68 bits per heavy atom. The van der Waals surface area contributed by atoms with Crippen LogP contribution < -0.4 is 5.73 Å². The van der Waals surface area contributed by atoms with E-state index in [0.29, 0.717) is 0 Å². The van der Waals surface area contributed by atoms with Gasteiger partial charge in [-0.1, -0.05) is 0 Å². The minimum Gasteiger partial charge on any atom is -0.387 e. The molecule has 2 aliphatic rings. The number of imidazole rings is 1. The molecule has 3 rings (SSSR count). The summed E-state index contributed by atoms with van der Waals surface area (Å²) >= 11 is 0. The first-order valence-corrected chi connectivity index (χ1v) is 8.66. The van der Waals surface area contributed by atoms with E-state index >= 15 is 0 Å². The van der Waals surface area contributed by atoms with Crippen LogP contribution in [0.5, 0.6) is 0 Å². The summed E-state index contributed by atoms with van der Waals surface area (Å²) in [5.41, 5.74) is 5.89. The summed E-state index contributed by atoms with van der Waals surface area (Å²) in [5, 5.41) is 30.3. The second kappa shape index (κ2) is 6.30. The third-order valence-electron chi connectivity index (χ3n) is 4.01. The van der Waals surface area contributed by atoms with Gasteiger partial charge < -0.3 is 40.5 Å². The first-order chi connectivity index (χ1) is 11.6. The molecule has 0 aromatic carbocycles. The molecule has 2 aliphatic heterocycles. The number of aliphatic imine (C=N–C) groups is 1. The van der Waals surface area contributed by atoms with Crippen molar-refractivity contribution >= 4 is 19.6 Å². The van der Waals surface area contributed by atoms with Gasteiger partial charge in [-0.3, -0.25) is 9.09 Å². The second-order valence-corrected chi connectivity index (χ2v) is 6.89. The number of hydrogen-bond donors (Lipinski definition) is 6. The lowest BCUT2D eigenvalue weighted by Gasteiger charge is -2.28. The lowest BCUT2D eigenvalue weighted by atomic mass is 10.1. The van der Waals surface area contributed by atoms with Crippen molar-refractivity contribution in [2.45, 2.75) is 30.8 Å². The molecule has 0 spiro atoms. The Hall–Kier alpha value is -1.57. The second-order valence-electron chi connectivity index (χ2n) is 5.65. The number of phosphoric acid groups is 1. The average molecular weight is 379 g/mol. The highest BCUT2D eigenvalue weighted by atomic mass is 31.2. The molecule has 1 aromatic rings. The standard InChI is InChI=1S/C11H18N5O8P/c1-15-9(19)5-8(14-11(15)12)16(3-13-5)10-7(18)6(17)4(24-10)2-23-25(20,21)22/h3-4,6-7,9-10,17-19H,2H2,1H3,(H2,12,14)(H2,20,21,22)/t4-,6-,7-,9?,10-/m1/s1. The Morgan fingerprint density at radius 1 is 1.36 bits per heavy atom. The Labute approximate surface area is 141 Å². The van der Waals surface area contributed by atoms with Gasteiger partial charge >= 0.3 is 7.82 Å². The molecule has 0 amide bonds. The molecule has 1 aromatic heterocycles. The average Bonchev–Trinajstić information content (AvgIpc) is 3.05. The van der Waals surface area contributed by atoms with Crippen LogP contribution in [0.2, 0.25) is 0 Å². The van der Waals surface area contributed by atoms with Gasteiger partial charge in [0.25, 0.3) is 0 Å². The topological polar surface area (TPSA) is 196 Å². The molecule has 0 saturated carbocycles. The molecule has 3 heterocycles. The number of hydrogen-bond acceptors (Lipinski definition) is 10. The molecule has 0 radical (unpaired) electrons. The number of nitrogens with two attached hydrogens (primary N) is 1. The maximum atomic E-state index is 10.8. The highest BCUT2D eigenvalue weighted by Gasteiger charge is 2.46. The Balaban J connectivity index is 1.85. The summed E-state index contributed by atoms with van der Waals surface area (Å²) in [5.74, 6) is 0.145.